The van der Waals surface area contributed by atoms with Crippen LogP contribution in [-0.4, -0.2) is 35.6 Å². The van der Waals surface area contributed by atoms with Crippen molar-refractivity contribution in [3.8, 4) is 0 Å². The zero-order valence-corrected chi connectivity index (χ0v) is 11.2. The van der Waals surface area contributed by atoms with E-state index in [1.807, 2.05) is 0 Å². The number of nitrogens with one attached hydrogen (secondary N) is 1. The van der Waals surface area contributed by atoms with E-state index < -0.39 is 0 Å². The van der Waals surface area contributed by atoms with Crippen molar-refractivity contribution in [3.05, 3.63) is 35.5 Å². The van der Waals surface area contributed by atoms with Gasteiger partial charge in [-0.2, -0.15) is 0 Å². The summed E-state index contributed by atoms with van der Waals surface area (Å²) in [7, 11) is 2.13. The van der Waals surface area contributed by atoms with Crippen LogP contribution in [0.3, 0.4) is 0 Å². The summed E-state index contributed by atoms with van der Waals surface area (Å²) in [6, 6.07) is 6.67. The molecule has 1 aliphatic heterocycles. The first-order valence-corrected chi connectivity index (χ1v) is 6.72. The standard InChI is InChI=1S/C15H21N3/c1-12-10-17(2)14-5-3-4-13(15(12)14)11-18-8-6-16-7-9-18/h3-5,10,16H,6-9,11H2,1-2H3. The second-order valence-electron chi connectivity index (χ2n) is 5.26. The van der Waals surface area contributed by atoms with Gasteiger partial charge in [-0.15, -0.1) is 0 Å². The molecule has 2 aromatic rings. The van der Waals surface area contributed by atoms with Gasteiger partial charge in [-0.3, -0.25) is 4.90 Å². The number of fused-ring (bicyclic) bond motifs is 1. The molecule has 0 atom stereocenters. The quantitative estimate of drug-likeness (QED) is 0.869. The maximum absolute atomic E-state index is 3.41. The number of benzene rings is 1. The average molecular weight is 243 g/mol. The molecule has 3 rings (SSSR count). The minimum atomic E-state index is 1.07. The van der Waals surface area contributed by atoms with Crippen LogP contribution in [0.25, 0.3) is 10.9 Å². The monoisotopic (exact) mass is 243 g/mol. The highest BCUT2D eigenvalue weighted by molar-refractivity contribution is 5.87. The predicted molar refractivity (Wildman–Crippen MR) is 75.8 cm³/mol. The maximum atomic E-state index is 3.41. The first-order valence-electron chi connectivity index (χ1n) is 6.72. The molecule has 0 unspecified atom stereocenters. The first kappa shape index (κ1) is 11.8. The third-order valence-electron chi connectivity index (χ3n) is 3.89. The fourth-order valence-electron chi connectivity index (χ4n) is 3.00. The zero-order valence-electron chi connectivity index (χ0n) is 11.2. The van der Waals surface area contributed by atoms with Gasteiger partial charge in [-0.05, 0) is 24.1 Å². The molecule has 1 N–H and O–H groups in total. The van der Waals surface area contributed by atoms with Gasteiger partial charge in [0.05, 0.1) is 0 Å². The van der Waals surface area contributed by atoms with Crippen molar-refractivity contribution in [1.82, 2.24) is 14.8 Å². The van der Waals surface area contributed by atoms with Crippen LogP contribution < -0.4 is 5.32 Å². The van der Waals surface area contributed by atoms with E-state index in [0.29, 0.717) is 0 Å². The number of aryl methyl sites for hydroxylation is 2. The van der Waals surface area contributed by atoms with Crippen LogP contribution in [0.1, 0.15) is 11.1 Å². The summed E-state index contributed by atoms with van der Waals surface area (Å²) in [4.78, 5) is 2.54. The van der Waals surface area contributed by atoms with Gasteiger partial charge in [-0.1, -0.05) is 12.1 Å². The fourth-order valence-corrected chi connectivity index (χ4v) is 3.00. The van der Waals surface area contributed by atoms with E-state index >= 15 is 0 Å². The lowest BCUT2D eigenvalue weighted by Gasteiger charge is -2.27. The van der Waals surface area contributed by atoms with E-state index in [9.17, 15) is 0 Å². The van der Waals surface area contributed by atoms with E-state index in [2.05, 4.69) is 53.2 Å². The van der Waals surface area contributed by atoms with Crippen molar-refractivity contribution in [2.45, 2.75) is 13.5 Å². The molecule has 1 aromatic heterocycles. The first-order chi connectivity index (χ1) is 8.75. The number of nitrogens with zero attached hydrogens (tertiary/aromatic N) is 2. The molecule has 0 saturated carbocycles. The molecule has 1 fully saturated rings. The van der Waals surface area contributed by atoms with Gasteiger partial charge in [-0.25, -0.2) is 0 Å². The van der Waals surface area contributed by atoms with Crippen LogP contribution >= 0.6 is 0 Å². The lowest BCUT2D eigenvalue weighted by Crippen LogP contribution is -2.42. The molecule has 0 spiro atoms. The Morgan fingerprint density at radius 2 is 2.00 bits per heavy atom. The summed E-state index contributed by atoms with van der Waals surface area (Å²) in [6.45, 7) is 7.82. The van der Waals surface area contributed by atoms with Gasteiger partial charge in [0.1, 0.15) is 0 Å². The Morgan fingerprint density at radius 1 is 1.22 bits per heavy atom. The molecule has 1 aromatic carbocycles. The molecule has 18 heavy (non-hydrogen) atoms. The minimum absolute atomic E-state index is 1.07. The van der Waals surface area contributed by atoms with Crippen LogP contribution in [0.5, 0.6) is 0 Å². The van der Waals surface area contributed by atoms with Gasteiger partial charge >= 0.3 is 0 Å². The van der Waals surface area contributed by atoms with Crippen LogP contribution in [0.4, 0.5) is 0 Å². The summed E-state index contributed by atoms with van der Waals surface area (Å²) in [5.74, 6) is 0. The van der Waals surface area contributed by atoms with Gasteiger partial charge in [0.2, 0.25) is 0 Å². The Labute approximate surface area is 108 Å². The maximum Gasteiger partial charge on any atom is 0.0483 e. The summed E-state index contributed by atoms with van der Waals surface area (Å²) in [5, 5.41) is 4.85. The van der Waals surface area contributed by atoms with Gasteiger partial charge in [0.15, 0.2) is 0 Å². The van der Waals surface area contributed by atoms with E-state index in [-0.39, 0.29) is 0 Å². The number of hydrogen-bond acceptors (Lipinski definition) is 2. The Morgan fingerprint density at radius 3 is 2.78 bits per heavy atom. The molecule has 0 aliphatic carbocycles. The minimum Gasteiger partial charge on any atom is -0.350 e. The molecule has 3 nitrogen and oxygen atoms in total. The SMILES string of the molecule is Cc1cn(C)c2cccc(CN3CCNCC3)c12. The van der Waals surface area contributed by atoms with Crippen LogP contribution in [0, 0.1) is 6.92 Å². The highest BCUT2D eigenvalue weighted by atomic mass is 15.2. The second-order valence-corrected chi connectivity index (χ2v) is 5.26. The number of piperazine rings is 1. The van der Waals surface area contributed by atoms with Crippen molar-refractivity contribution in [1.29, 1.82) is 0 Å². The highest BCUT2D eigenvalue weighted by Gasteiger charge is 2.13. The fraction of sp³-hybridized carbons (Fsp3) is 0.467. The summed E-state index contributed by atoms with van der Waals surface area (Å²) >= 11 is 0. The molecular weight excluding hydrogens is 222 g/mol. The van der Waals surface area contributed by atoms with E-state index in [4.69, 9.17) is 0 Å². The Bertz CT molecular complexity index is 550. The molecule has 96 valence electrons. The molecule has 0 bridgehead atoms. The number of rotatable bonds is 2. The van der Waals surface area contributed by atoms with Crippen LogP contribution in [0.2, 0.25) is 0 Å². The van der Waals surface area contributed by atoms with Crippen molar-refractivity contribution in [2.75, 3.05) is 26.2 Å². The van der Waals surface area contributed by atoms with Crippen molar-refractivity contribution >= 4 is 10.9 Å². The molecule has 1 saturated heterocycles. The third kappa shape index (κ3) is 2.04. The van der Waals surface area contributed by atoms with E-state index in [1.54, 1.807) is 0 Å². The van der Waals surface area contributed by atoms with Gasteiger partial charge in [0, 0.05) is 56.9 Å². The van der Waals surface area contributed by atoms with Crippen molar-refractivity contribution < 1.29 is 0 Å². The number of hydrogen-bond donors (Lipinski definition) is 1. The van der Waals surface area contributed by atoms with E-state index in [1.165, 1.54) is 22.0 Å². The molecule has 0 amide bonds. The summed E-state index contributed by atoms with van der Waals surface area (Å²) < 4.78 is 2.23. The van der Waals surface area contributed by atoms with Crippen molar-refractivity contribution in [2.24, 2.45) is 7.05 Å². The Balaban J connectivity index is 1.95. The summed E-state index contributed by atoms with van der Waals surface area (Å²) in [6.07, 6.45) is 2.23. The van der Waals surface area contributed by atoms with Crippen molar-refractivity contribution in [3.63, 3.8) is 0 Å². The normalized spacial score (nSPS) is 17.4. The van der Waals surface area contributed by atoms with Crippen LogP contribution in [0.15, 0.2) is 24.4 Å². The second kappa shape index (κ2) is 4.75. The van der Waals surface area contributed by atoms with E-state index in [0.717, 1.165) is 32.7 Å². The third-order valence-corrected chi connectivity index (χ3v) is 3.89. The van der Waals surface area contributed by atoms with Gasteiger partial charge < -0.3 is 9.88 Å². The molecule has 2 heterocycles. The smallest absolute Gasteiger partial charge is 0.0483 e. The molecule has 1 aliphatic rings. The lowest BCUT2D eigenvalue weighted by molar-refractivity contribution is 0.234. The molecule has 0 radical (unpaired) electrons. The topological polar surface area (TPSA) is 20.2 Å². The van der Waals surface area contributed by atoms with Gasteiger partial charge in [0.25, 0.3) is 0 Å². The largest absolute Gasteiger partial charge is 0.350 e. The number of aromatic nitrogens is 1. The van der Waals surface area contributed by atoms with Crippen LogP contribution in [-0.2, 0) is 13.6 Å². The molecular formula is C15H21N3. The highest BCUT2D eigenvalue weighted by Crippen LogP contribution is 2.25. The average Bonchev–Trinajstić information content (AvgIpc) is 2.67. The zero-order chi connectivity index (χ0) is 12.5. The Kier molecular flexibility index (Phi) is 3.10. The Hall–Kier alpha value is -1.32. The summed E-state index contributed by atoms with van der Waals surface area (Å²) in [5.41, 5.74) is 4.20. The predicted octanol–water partition coefficient (Wildman–Crippen LogP) is 1.89. The molecule has 3 heteroatoms. The lowest BCUT2D eigenvalue weighted by atomic mass is 10.1.